The summed E-state index contributed by atoms with van der Waals surface area (Å²) < 4.78 is 0. The number of carbonyl (C=O) groups excluding carboxylic acids is 2. The predicted molar refractivity (Wildman–Crippen MR) is 97.5 cm³/mol. The Hall–Kier alpha value is -2.56. The molecule has 1 aliphatic rings. The van der Waals surface area contributed by atoms with E-state index in [1.54, 1.807) is 0 Å². The zero-order chi connectivity index (χ0) is 17.8. The first-order valence-corrected chi connectivity index (χ1v) is 8.81. The first-order chi connectivity index (χ1) is 12.0. The normalized spacial score (nSPS) is 15.1. The van der Waals surface area contributed by atoms with Crippen LogP contribution in [-0.2, 0) is 11.2 Å². The van der Waals surface area contributed by atoms with Gasteiger partial charge < -0.3 is 14.8 Å². The van der Waals surface area contributed by atoms with Crippen molar-refractivity contribution in [1.82, 2.24) is 14.8 Å². The molecule has 0 radical (unpaired) electrons. The van der Waals surface area contributed by atoms with Gasteiger partial charge in [-0.05, 0) is 55.7 Å². The van der Waals surface area contributed by atoms with Crippen LogP contribution in [-0.4, -0.2) is 52.8 Å². The third kappa shape index (κ3) is 4.10. The minimum atomic E-state index is 0.0572. The lowest BCUT2D eigenvalue weighted by molar-refractivity contribution is -0.130. The summed E-state index contributed by atoms with van der Waals surface area (Å²) in [7, 11) is 0. The average molecular weight is 339 g/mol. The van der Waals surface area contributed by atoms with Crippen LogP contribution >= 0.6 is 0 Å². The van der Waals surface area contributed by atoms with Gasteiger partial charge in [0, 0.05) is 43.6 Å². The number of aromatic nitrogens is 1. The van der Waals surface area contributed by atoms with E-state index in [1.807, 2.05) is 60.2 Å². The fourth-order valence-electron chi connectivity index (χ4n) is 3.18. The van der Waals surface area contributed by atoms with Crippen molar-refractivity contribution in [2.24, 2.45) is 0 Å². The molecule has 1 saturated heterocycles. The van der Waals surface area contributed by atoms with E-state index in [9.17, 15) is 9.59 Å². The molecule has 1 N–H and O–H groups in total. The minimum absolute atomic E-state index is 0.0572. The molecular formula is C20H25N3O2. The van der Waals surface area contributed by atoms with Crippen LogP contribution in [0.4, 0.5) is 0 Å². The third-order valence-corrected chi connectivity index (χ3v) is 4.89. The lowest BCUT2D eigenvalue weighted by Crippen LogP contribution is -2.38. The molecule has 0 atom stereocenters. The highest BCUT2D eigenvalue weighted by atomic mass is 16.2. The Morgan fingerprint density at radius 1 is 1.00 bits per heavy atom. The summed E-state index contributed by atoms with van der Waals surface area (Å²) in [6, 6.07) is 9.66. The first-order valence-electron chi connectivity index (χ1n) is 8.81. The number of benzene rings is 1. The zero-order valence-electron chi connectivity index (χ0n) is 14.9. The SMILES string of the molecule is Cc1ccc(C(=O)N2CCCN(C(=O)Cc3ccc[nH]3)CC2)cc1C. The molecule has 2 amide bonds. The van der Waals surface area contributed by atoms with E-state index >= 15 is 0 Å². The van der Waals surface area contributed by atoms with Crippen LogP contribution < -0.4 is 0 Å². The predicted octanol–water partition coefficient (Wildman–Crippen LogP) is 2.55. The quantitative estimate of drug-likeness (QED) is 0.934. The van der Waals surface area contributed by atoms with E-state index in [-0.39, 0.29) is 11.8 Å². The summed E-state index contributed by atoms with van der Waals surface area (Å²) in [6.07, 6.45) is 3.03. The number of hydrogen-bond acceptors (Lipinski definition) is 2. The monoisotopic (exact) mass is 339 g/mol. The molecule has 0 aliphatic carbocycles. The Labute approximate surface area is 148 Å². The maximum atomic E-state index is 12.8. The van der Waals surface area contributed by atoms with Gasteiger partial charge in [0.1, 0.15) is 0 Å². The third-order valence-electron chi connectivity index (χ3n) is 4.89. The number of rotatable bonds is 3. The molecule has 3 rings (SSSR count). The van der Waals surface area contributed by atoms with Gasteiger partial charge in [0.25, 0.3) is 5.91 Å². The lowest BCUT2D eigenvalue weighted by atomic mass is 10.1. The van der Waals surface area contributed by atoms with E-state index < -0.39 is 0 Å². The number of amides is 2. The van der Waals surface area contributed by atoms with Crippen LogP contribution in [0.25, 0.3) is 0 Å². The fourth-order valence-corrected chi connectivity index (χ4v) is 3.18. The van der Waals surface area contributed by atoms with Gasteiger partial charge in [0.15, 0.2) is 0 Å². The highest BCUT2D eigenvalue weighted by Crippen LogP contribution is 2.14. The van der Waals surface area contributed by atoms with Gasteiger partial charge in [-0.1, -0.05) is 6.07 Å². The van der Waals surface area contributed by atoms with Crippen molar-refractivity contribution in [2.75, 3.05) is 26.2 Å². The van der Waals surface area contributed by atoms with Crippen LogP contribution in [0.3, 0.4) is 0 Å². The summed E-state index contributed by atoms with van der Waals surface area (Å²) in [5.74, 6) is 0.171. The molecule has 1 fully saturated rings. The number of nitrogens with one attached hydrogen (secondary N) is 1. The molecule has 1 aromatic carbocycles. The fraction of sp³-hybridized carbons (Fsp3) is 0.400. The number of carbonyl (C=O) groups is 2. The van der Waals surface area contributed by atoms with Crippen molar-refractivity contribution in [1.29, 1.82) is 0 Å². The second-order valence-corrected chi connectivity index (χ2v) is 6.70. The van der Waals surface area contributed by atoms with E-state index in [4.69, 9.17) is 0 Å². The van der Waals surface area contributed by atoms with Crippen molar-refractivity contribution in [2.45, 2.75) is 26.7 Å². The zero-order valence-corrected chi connectivity index (χ0v) is 14.9. The molecule has 132 valence electrons. The lowest BCUT2D eigenvalue weighted by Gasteiger charge is -2.22. The second kappa shape index (κ2) is 7.55. The van der Waals surface area contributed by atoms with Gasteiger partial charge in [-0.25, -0.2) is 0 Å². The van der Waals surface area contributed by atoms with Crippen LogP contribution in [0.1, 0.15) is 33.6 Å². The molecule has 0 saturated carbocycles. The summed E-state index contributed by atoms with van der Waals surface area (Å²) >= 11 is 0. The molecule has 5 nitrogen and oxygen atoms in total. The largest absolute Gasteiger partial charge is 0.365 e. The van der Waals surface area contributed by atoms with Gasteiger partial charge >= 0.3 is 0 Å². The molecule has 5 heteroatoms. The van der Waals surface area contributed by atoms with Crippen molar-refractivity contribution in [3.8, 4) is 0 Å². The van der Waals surface area contributed by atoms with E-state index in [1.165, 1.54) is 5.56 Å². The summed E-state index contributed by atoms with van der Waals surface area (Å²) in [5.41, 5.74) is 3.98. The average Bonchev–Trinajstić information content (AvgIpc) is 2.98. The molecular weight excluding hydrogens is 314 g/mol. The summed E-state index contributed by atoms with van der Waals surface area (Å²) in [4.78, 5) is 32.0. The van der Waals surface area contributed by atoms with E-state index in [2.05, 4.69) is 4.98 Å². The van der Waals surface area contributed by atoms with Crippen LogP contribution in [0, 0.1) is 13.8 Å². The molecule has 0 spiro atoms. The maximum Gasteiger partial charge on any atom is 0.253 e. The number of H-pyrrole nitrogens is 1. The van der Waals surface area contributed by atoms with Gasteiger partial charge in [-0.2, -0.15) is 0 Å². The van der Waals surface area contributed by atoms with Gasteiger partial charge in [0.2, 0.25) is 5.91 Å². The Kier molecular flexibility index (Phi) is 5.22. The minimum Gasteiger partial charge on any atom is -0.365 e. The Balaban J connectivity index is 1.61. The molecule has 2 aromatic rings. The van der Waals surface area contributed by atoms with Crippen molar-refractivity contribution >= 4 is 11.8 Å². The number of nitrogens with zero attached hydrogens (tertiary/aromatic N) is 2. The maximum absolute atomic E-state index is 12.8. The van der Waals surface area contributed by atoms with Gasteiger partial charge in [-0.15, -0.1) is 0 Å². The summed E-state index contributed by atoms with van der Waals surface area (Å²) in [6.45, 7) is 6.64. The van der Waals surface area contributed by atoms with Crippen molar-refractivity contribution in [3.63, 3.8) is 0 Å². The van der Waals surface area contributed by atoms with Gasteiger partial charge in [-0.3, -0.25) is 9.59 Å². The molecule has 1 aromatic heterocycles. The second-order valence-electron chi connectivity index (χ2n) is 6.70. The van der Waals surface area contributed by atoms with Crippen LogP contribution in [0.15, 0.2) is 36.5 Å². The number of hydrogen-bond donors (Lipinski definition) is 1. The Bertz CT molecular complexity index is 752. The molecule has 1 aliphatic heterocycles. The Morgan fingerprint density at radius 2 is 1.76 bits per heavy atom. The molecule has 0 bridgehead atoms. The number of aromatic amines is 1. The van der Waals surface area contributed by atoms with Crippen molar-refractivity contribution in [3.05, 3.63) is 58.9 Å². The highest BCUT2D eigenvalue weighted by Gasteiger charge is 2.23. The molecule has 2 heterocycles. The van der Waals surface area contributed by atoms with Crippen LogP contribution in [0.5, 0.6) is 0 Å². The summed E-state index contributed by atoms with van der Waals surface area (Å²) in [5, 5.41) is 0. The van der Waals surface area contributed by atoms with Gasteiger partial charge in [0.05, 0.1) is 6.42 Å². The topological polar surface area (TPSA) is 56.4 Å². The molecule has 25 heavy (non-hydrogen) atoms. The number of aryl methyl sites for hydroxylation is 2. The van der Waals surface area contributed by atoms with E-state index in [0.29, 0.717) is 32.6 Å². The standard InChI is InChI=1S/C20H25N3O2/c1-15-6-7-17(13-16(15)2)20(25)23-10-4-9-22(11-12-23)19(24)14-18-5-3-8-21-18/h3,5-8,13,21H,4,9-12,14H2,1-2H3. The smallest absolute Gasteiger partial charge is 0.253 e. The Morgan fingerprint density at radius 3 is 2.48 bits per heavy atom. The van der Waals surface area contributed by atoms with Crippen LogP contribution in [0.2, 0.25) is 0 Å². The highest BCUT2D eigenvalue weighted by molar-refractivity contribution is 5.94. The van der Waals surface area contributed by atoms with E-state index in [0.717, 1.165) is 23.2 Å². The first kappa shape index (κ1) is 17.3. The molecule has 0 unspecified atom stereocenters. The van der Waals surface area contributed by atoms with Crippen molar-refractivity contribution < 1.29 is 9.59 Å².